The Labute approximate surface area is 368 Å². The van der Waals surface area contributed by atoms with E-state index in [-0.39, 0.29) is 53.8 Å². The number of anilines is 1. The van der Waals surface area contributed by atoms with Gasteiger partial charge in [0.15, 0.2) is 0 Å². The molecule has 4 aromatic rings. The molecule has 3 atom stereocenters. The van der Waals surface area contributed by atoms with Crippen molar-refractivity contribution in [2.24, 2.45) is 11.8 Å². The number of carbonyl (C=O) groups excluding carboxylic acids is 5. The summed E-state index contributed by atoms with van der Waals surface area (Å²) in [6.45, 7) is 15.9. The Hall–Kier alpha value is -6.12. The van der Waals surface area contributed by atoms with Gasteiger partial charge in [0.25, 0.3) is 11.5 Å². The minimum absolute atomic E-state index is 0.0717. The first-order valence-corrected chi connectivity index (χ1v) is 22.0. The quantitative estimate of drug-likeness (QED) is 0.0898. The number of fused-ring (bicyclic) bond motifs is 1. The number of nitrogens with one attached hydrogen (secondary N) is 6. The smallest absolute Gasteiger partial charge is 0.410 e. The van der Waals surface area contributed by atoms with E-state index < -0.39 is 29.2 Å². The highest BCUT2D eigenvalue weighted by Crippen LogP contribution is 2.30. The highest BCUT2D eigenvalue weighted by molar-refractivity contribution is 5.99. The van der Waals surface area contributed by atoms with Gasteiger partial charge in [0, 0.05) is 48.8 Å². The number of hydrogen-bond donors (Lipinski definition) is 6. The molecule has 2 aliphatic rings. The number of aromatic amines is 2. The highest BCUT2D eigenvalue weighted by atomic mass is 16.6. The van der Waals surface area contributed by atoms with Gasteiger partial charge in [-0.15, -0.1) is 0 Å². The molecule has 1 saturated carbocycles. The predicted octanol–water partition coefficient (Wildman–Crippen LogP) is 7.35. The van der Waals surface area contributed by atoms with Crippen LogP contribution in [0.3, 0.4) is 0 Å². The predicted molar refractivity (Wildman–Crippen MR) is 242 cm³/mol. The van der Waals surface area contributed by atoms with E-state index in [9.17, 15) is 28.8 Å². The lowest BCUT2D eigenvalue weighted by atomic mass is 9.81. The molecule has 0 bridgehead atoms. The zero-order chi connectivity index (χ0) is 45.6. The second kappa shape index (κ2) is 19.5. The molecule has 0 spiro atoms. The van der Waals surface area contributed by atoms with Crippen LogP contribution in [0.5, 0.6) is 0 Å². The fourth-order valence-corrected chi connectivity index (χ4v) is 8.36. The Kier molecular flexibility index (Phi) is 14.4. The van der Waals surface area contributed by atoms with Crippen LogP contribution in [-0.4, -0.2) is 87.4 Å². The van der Waals surface area contributed by atoms with Crippen molar-refractivity contribution < 1.29 is 33.4 Å². The summed E-state index contributed by atoms with van der Waals surface area (Å²) in [6, 6.07) is 17.3. The molecular weight excluding hydrogens is 803 g/mol. The lowest BCUT2D eigenvalue weighted by molar-refractivity contribution is -0.130. The fraction of sp³-hybridized carbons (Fsp3) is 0.500. The Balaban J connectivity index is 1.08. The zero-order valence-corrected chi connectivity index (χ0v) is 37.7. The first-order valence-electron chi connectivity index (χ1n) is 22.0. The molecule has 3 aromatic carbocycles. The fourth-order valence-electron chi connectivity index (χ4n) is 8.36. The molecular formula is C48H63N7O8. The molecule has 15 nitrogen and oxygen atoms in total. The van der Waals surface area contributed by atoms with Gasteiger partial charge in [-0.05, 0) is 152 Å². The van der Waals surface area contributed by atoms with Crippen LogP contribution < -0.4 is 26.8 Å². The number of rotatable bonds is 11. The number of nitrogens with zero attached hydrogens (tertiary/aromatic N) is 1. The number of benzene rings is 3. The number of likely N-dealkylation sites (tertiary alicyclic amines) is 1. The van der Waals surface area contributed by atoms with Crippen LogP contribution in [0.4, 0.5) is 15.3 Å². The van der Waals surface area contributed by atoms with E-state index in [1.54, 1.807) is 23.1 Å². The number of amides is 5. The van der Waals surface area contributed by atoms with Crippen LogP contribution in [0.15, 0.2) is 65.5 Å². The summed E-state index contributed by atoms with van der Waals surface area (Å²) in [4.78, 5) is 79.7. The molecule has 0 radical (unpaired) electrons. The van der Waals surface area contributed by atoms with E-state index in [4.69, 9.17) is 9.47 Å². The summed E-state index contributed by atoms with van der Waals surface area (Å²) in [7, 11) is 0. The largest absolute Gasteiger partial charge is 0.444 e. The Morgan fingerprint density at radius 3 is 2.19 bits per heavy atom. The van der Waals surface area contributed by atoms with Gasteiger partial charge in [-0.25, -0.2) is 9.59 Å². The Morgan fingerprint density at radius 1 is 0.841 bits per heavy atom. The van der Waals surface area contributed by atoms with Gasteiger partial charge in [0.2, 0.25) is 11.8 Å². The lowest BCUT2D eigenvalue weighted by Gasteiger charge is -2.38. The van der Waals surface area contributed by atoms with Crippen molar-refractivity contribution >= 4 is 46.5 Å². The number of alkyl carbamates (subject to hydrolysis) is 1. The highest BCUT2D eigenvalue weighted by Gasteiger charge is 2.33. The first kappa shape index (κ1) is 46.4. The third-order valence-electron chi connectivity index (χ3n) is 11.7. The van der Waals surface area contributed by atoms with Crippen LogP contribution in [0, 0.1) is 18.8 Å². The summed E-state index contributed by atoms with van der Waals surface area (Å²) in [5.74, 6) is -0.824. The normalized spacial score (nSPS) is 19.7. The number of ether oxygens (including phenoxy) is 2. The van der Waals surface area contributed by atoms with Crippen molar-refractivity contribution in [1.29, 1.82) is 0 Å². The molecule has 1 saturated heterocycles. The maximum atomic E-state index is 13.9. The van der Waals surface area contributed by atoms with Gasteiger partial charge >= 0.3 is 12.2 Å². The third kappa shape index (κ3) is 12.7. The van der Waals surface area contributed by atoms with Crippen molar-refractivity contribution in [2.45, 2.75) is 130 Å². The SMILES string of the molecule is Cc1cc(C(=O)NC2CCN(C(=O)OC(C)(C)C)C(C)C2)ccc1-c1ccc(C[C@H](NC(=O)C2CCC(CNC(=O)OC(C)(C)C)CC2)C(=O)Nc2ccc3c(=O)[nH][nH]c3c2)cc1. The van der Waals surface area contributed by atoms with Crippen LogP contribution in [0.1, 0.15) is 108 Å². The van der Waals surface area contributed by atoms with E-state index in [0.717, 1.165) is 35.1 Å². The summed E-state index contributed by atoms with van der Waals surface area (Å²) in [6.07, 6.45) is 3.45. The average molecular weight is 866 g/mol. The number of aryl methyl sites for hydroxylation is 1. The number of hydrogen-bond acceptors (Lipinski definition) is 8. The molecule has 5 amide bonds. The molecule has 1 aliphatic carbocycles. The van der Waals surface area contributed by atoms with Crippen molar-refractivity contribution in [3.8, 4) is 11.1 Å². The molecule has 2 heterocycles. The van der Waals surface area contributed by atoms with E-state index in [0.29, 0.717) is 60.9 Å². The van der Waals surface area contributed by atoms with Gasteiger partial charge in [-0.3, -0.25) is 29.4 Å². The molecule has 1 aliphatic heterocycles. The zero-order valence-electron chi connectivity index (χ0n) is 37.7. The van der Waals surface area contributed by atoms with Gasteiger partial charge in [-0.2, -0.15) is 0 Å². The lowest BCUT2D eigenvalue weighted by Crippen LogP contribution is -2.52. The molecule has 15 heteroatoms. The Morgan fingerprint density at radius 2 is 1.54 bits per heavy atom. The van der Waals surface area contributed by atoms with Crippen LogP contribution >= 0.6 is 0 Å². The summed E-state index contributed by atoms with van der Waals surface area (Å²) in [5, 5.41) is 17.8. The summed E-state index contributed by atoms with van der Waals surface area (Å²) < 4.78 is 10.9. The Bertz CT molecular complexity index is 2350. The van der Waals surface area contributed by atoms with Gasteiger partial charge in [0.1, 0.15) is 17.2 Å². The van der Waals surface area contributed by atoms with Crippen molar-refractivity contribution in [1.82, 2.24) is 31.0 Å². The standard InChI is InChI=1S/C48H63N7O8/c1-28-23-34(42(57)50-36-21-22-55(29(2)24-36)46(61)63-48(6,7)8)17-19-37(28)32-13-9-30(10-14-32)25-40(44(59)51-35-18-20-38-39(26-35)53-54-43(38)58)52-41(56)33-15-11-31(12-16-33)27-49-45(60)62-47(3,4)5/h9-10,13-14,17-20,23,26,29,31,33,36,40H,11-12,15-16,21-22,24-25,27H2,1-8H3,(H,49,60)(H,50,57)(H,51,59)(H,52,56)(H2,53,54,58)/t29?,31?,33?,36?,40-/m0/s1. The maximum Gasteiger partial charge on any atom is 0.410 e. The molecule has 1 aromatic heterocycles. The molecule has 6 N–H and O–H groups in total. The summed E-state index contributed by atoms with van der Waals surface area (Å²) >= 11 is 0. The maximum absolute atomic E-state index is 13.9. The topological polar surface area (TPSA) is 204 Å². The average Bonchev–Trinajstić information content (AvgIpc) is 3.58. The molecule has 338 valence electrons. The van der Waals surface area contributed by atoms with Crippen LogP contribution in [0.2, 0.25) is 0 Å². The van der Waals surface area contributed by atoms with Gasteiger partial charge < -0.3 is 35.6 Å². The number of H-pyrrole nitrogens is 2. The van der Waals surface area contributed by atoms with E-state index in [1.807, 2.05) is 97.9 Å². The van der Waals surface area contributed by atoms with E-state index in [1.165, 1.54) is 0 Å². The molecule has 63 heavy (non-hydrogen) atoms. The van der Waals surface area contributed by atoms with Crippen molar-refractivity contribution in [2.75, 3.05) is 18.4 Å². The second-order valence-electron chi connectivity index (χ2n) is 19.1. The molecule has 6 rings (SSSR count). The summed E-state index contributed by atoms with van der Waals surface area (Å²) in [5.41, 5.74) is 3.79. The minimum Gasteiger partial charge on any atom is -0.444 e. The number of aromatic nitrogens is 2. The van der Waals surface area contributed by atoms with Crippen LogP contribution in [-0.2, 0) is 25.5 Å². The van der Waals surface area contributed by atoms with Gasteiger partial charge in [0.05, 0.1) is 10.9 Å². The second-order valence-corrected chi connectivity index (χ2v) is 19.1. The first-order chi connectivity index (χ1) is 29.7. The van der Waals surface area contributed by atoms with Gasteiger partial charge in [-0.1, -0.05) is 30.3 Å². The molecule has 2 unspecified atom stereocenters. The molecule has 2 fully saturated rings. The monoisotopic (exact) mass is 865 g/mol. The third-order valence-corrected chi connectivity index (χ3v) is 11.7. The van der Waals surface area contributed by atoms with E-state index >= 15 is 0 Å². The van der Waals surface area contributed by atoms with Crippen LogP contribution in [0.25, 0.3) is 22.0 Å². The van der Waals surface area contributed by atoms with Crippen molar-refractivity contribution in [3.63, 3.8) is 0 Å². The van der Waals surface area contributed by atoms with E-state index in [2.05, 4.69) is 31.5 Å². The minimum atomic E-state index is -0.900. The number of piperidine rings is 1. The van der Waals surface area contributed by atoms with Crippen molar-refractivity contribution in [3.05, 3.63) is 87.7 Å². The number of carbonyl (C=O) groups is 5.